The fourth-order valence-electron chi connectivity index (χ4n) is 2.44. The van der Waals surface area contributed by atoms with E-state index in [9.17, 15) is 4.79 Å². The van der Waals surface area contributed by atoms with Crippen LogP contribution in [0.25, 0.3) is 0 Å². The number of esters is 1. The van der Waals surface area contributed by atoms with Crippen LogP contribution in [-0.4, -0.2) is 46.9 Å². The van der Waals surface area contributed by atoms with E-state index in [1.165, 1.54) is 24.6 Å². The Morgan fingerprint density at radius 1 is 0.958 bits per heavy atom. The third kappa shape index (κ3) is 10.00. The lowest BCUT2D eigenvalue weighted by Gasteiger charge is -2.24. The highest BCUT2D eigenvalue weighted by molar-refractivity contribution is 6.78. The lowest BCUT2D eigenvalue weighted by Crippen LogP contribution is -2.28. The number of rotatable bonds is 11. The lowest BCUT2D eigenvalue weighted by molar-refractivity contribution is 0.0334. The minimum Gasteiger partial charge on any atom is -0.460 e. The summed E-state index contributed by atoms with van der Waals surface area (Å²) >= 11 is 0. The molecule has 0 atom stereocenters. The number of pyridine rings is 1. The molecule has 0 radical (unpaired) electrons. The summed E-state index contributed by atoms with van der Waals surface area (Å²) in [6.07, 6.45) is 4.54. The summed E-state index contributed by atoms with van der Waals surface area (Å²) < 4.78 is 10.8. The molecule has 136 valence electrons. The minimum absolute atomic E-state index is 0.304. The Bertz CT molecular complexity index is 487. The van der Waals surface area contributed by atoms with E-state index in [2.05, 4.69) is 37.7 Å². The molecule has 1 aromatic rings. The SMILES string of the molecule is C[Si](C)(C)CCC[Si](C)(C)CCOCCOC(=O)c1ccncc1. The third-order valence-electron chi connectivity index (χ3n) is 4.08. The van der Waals surface area contributed by atoms with Crippen LogP contribution in [0.5, 0.6) is 0 Å². The molecule has 0 aromatic carbocycles. The summed E-state index contributed by atoms with van der Waals surface area (Å²) in [5.74, 6) is -0.318. The molecule has 0 bridgehead atoms. The molecule has 6 heteroatoms. The quantitative estimate of drug-likeness (QED) is 0.323. The van der Waals surface area contributed by atoms with E-state index in [4.69, 9.17) is 9.47 Å². The van der Waals surface area contributed by atoms with Crippen LogP contribution in [0.3, 0.4) is 0 Å². The second kappa shape index (κ2) is 10.1. The van der Waals surface area contributed by atoms with E-state index in [1.807, 2.05) is 0 Å². The van der Waals surface area contributed by atoms with Crippen molar-refractivity contribution in [2.24, 2.45) is 0 Å². The molecule has 4 nitrogen and oxygen atoms in total. The molecule has 0 aliphatic carbocycles. The van der Waals surface area contributed by atoms with Gasteiger partial charge in [0, 0.05) is 35.1 Å². The second-order valence-corrected chi connectivity index (χ2v) is 19.3. The first-order chi connectivity index (χ1) is 11.2. The van der Waals surface area contributed by atoms with Gasteiger partial charge in [0.25, 0.3) is 0 Å². The zero-order chi connectivity index (χ0) is 18.1. The average Bonchev–Trinajstić information content (AvgIpc) is 2.49. The minimum atomic E-state index is -1.16. The van der Waals surface area contributed by atoms with Crippen molar-refractivity contribution < 1.29 is 14.3 Å². The first-order valence-electron chi connectivity index (χ1n) is 8.85. The van der Waals surface area contributed by atoms with Gasteiger partial charge < -0.3 is 9.47 Å². The van der Waals surface area contributed by atoms with Crippen molar-refractivity contribution in [3.8, 4) is 0 Å². The van der Waals surface area contributed by atoms with E-state index < -0.39 is 16.1 Å². The number of ether oxygens (including phenoxy) is 2. The standard InChI is InChI=1S/C18H33NO3Si2/c1-23(2,3)14-6-15-24(4,5)16-13-21-11-12-22-18(20)17-7-9-19-10-8-17/h7-10H,6,11-16H2,1-5H3. The van der Waals surface area contributed by atoms with E-state index >= 15 is 0 Å². The fourth-order valence-corrected chi connectivity index (χ4v) is 6.11. The zero-order valence-corrected chi connectivity index (χ0v) is 17.9. The van der Waals surface area contributed by atoms with Crippen molar-refractivity contribution in [3.05, 3.63) is 30.1 Å². The maximum atomic E-state index is 11.7. The Morgan fingerprint density at radius 3 is 2.25 bits per heavy atom. The number of aromatic nitrogens is 1. The van der Waals surface area contributed by atoms with Crippen molar-refractivity contribution in [1.29, 1.82) is 0 Å². The van der Waals surface area contributed by atoms with E-state index in [-0.39, 0.29) is 5.97 Å². The summed E-state index contributed by atoms with van der Waals surface area (Å²) in [4.78, 5) is 15.6. The van der Waals surface area contributed by atoms with Crippen molar-refractivity contribution in [1.82, 2.24) is 4.98 Å². The maximum absolute atomic E-state index is 11.7. The zero-order valence-electron chi connectivity index (χ0n) is 15.9. The summed E-state index contributed by atoms with van der Waals surface area (Å²) in [6.45, 7) is 13.8. The first-order valence-corrected chi connectivity index (χ1v) is 16.0. The van der Waals surface area contributed by atoms with Gasteiger partial charge in [-0.1, -0.05) is 51.2 Å². The van der Waals surface area contributed by atoms with Gasteiger partial charge in [0.15, 0.2) is 0 Å². The number of hydrogen-bond donors (Lipinski definition) is 0. The molecule has 0 saturated carbocycles. The Balaban J connectivity index is 2.09. The molecule has 0 saturated heterocycles. The number of nitrogens with zero attached hydrogens (tertiary/aromatic N) is 1. The molecule has 0 fully saturated rings. The van der Waals surface area contributed by atoms with Crippen LogP contribution in [0, 0.1) is 0 Å². The van der Waals surface area contributed by atoms with Gasteiger partial charge in [-0.3, -0.25) is 4.98 Å². The second-order valence-electron chi connectivity index (χ2n) is 8.31. The molecule has 1 rings (SSSR count). The topological polar surface area (TPSA) is 48.4 Å². The molecule has 0 unspecified atom stereocenters. The number of carbonyl (C=O) groups excluding carboxylic acids is 1. The Morgan fingerprint density at radius 2 is 1.62 bits per heavy atom. The van der Waals surface area contributed by atoms with Crippen LogP contribution in [0.4, 0.5) is 0 Å². The molecule has 1 heterocycles. The summed E-state index contributed by atoms with van der Waals surface area (Å²) in [5, 5.41) is 0. The smallest absolute Gasteiger partial charge is 0.338 e. The molecule has 0 N–H and O–H groups in total. The average molecular weight is 368 g/mol. The monoisotopic (exact) mass is 367 g/mol. The van der Waals surface area contributed by atoms with Crippen LogP contribution < -0.4 is 0 Å². The molecule has 0 aliphatic rings. The Labute approximate surface area is 149 Å². The largest absolute Gasteiger partial charge is 0.460 e. The highest BCUT2D eigenvalue weighted by Gasteiger charge is 2.21. The summed E-state index contributed by atoms with van der Waals surface area (Å²) in [5.41, 5.74) is 0.529. The van der Waals surface area contributed by atoms with Gasteiger partial charge in [-0.15, -0.1) is 0 Å². The predicted molar refractivity (Wildman–Crippen MR) is 105 cm³/mol. The Hall–Kier alpha value is -0.986. The first kappa shape index (κ1) is 21.1. The van der Waals surface area contributed by atoms with Gasteiger partial charge in [-0.25, -0.2) is 4.79 Å². The van der Waals surface area contributed by atoms with Crippen molar-refractivity contribution in [2.45, 2.75) is 57.3 Å². The van der Waals surface area contributed by atoms with Gasteiger partial charge in [0.1, 0.15) is 6.61 Å². The molecular formula is C18H33NO3Si2. The van der Waals surface area contributed by atoms with Crippen molar-refractivity contribution >= 4 is 22.1 Å². The number of carbonyl (C=O) groups is 1. The van der Waals surface area contributed by atoms with E-state index in [1.54, 1.807) is 24.5 Å². The van der Waals surface area contributed by atoms with Crippen LogP contribution in [0.2, 0.25) is 50.9 Å². The molecule has 0 spiro atoms. The fraction of sp³-hybridized carbons (Fsp3) is 0.667. The third-order valence-corrected chi connectivity index (χ3v) is 9.20. The normalized spacial score (nSPS) is 12.2. The highest BCUT2D eigenvalue weighted by atomic mass is 28.3. The summed E-state index contributed by atoms with van der Waals surface area (Å²) in [6, 6.07) is 7.29. The molecule has 1 aromatic heterocycles. The van der Waals surface area contributed by atoms with Gasteiger partial charge in [-0.05, 0) is 18.2 Å². The van der Waals surface area contributed by atoms with Crippen LogP contribution in [-0.2, 0) is 9.47 Å². The number of hydrogen-bond acceptors (Lipinski definition) is 4. The molecule has 0 aliphatic heterocycles. The predicted octanol–water partition coefficient (Wildman–Crippen LogP) is 4.69. The van der Waals surface area contributed by atoms with Crippen LogP contribution >= 0.6 is 0 Å². The van der Waals surface area contributed by atoms with Gasteiger partial charge in [0.05, 0.1) is 12.2 Å². The Kier molecular flexibility index (Phi) is 8.87. The highest BCUT2D eigenvalue weighted by Crippen LogP contribution is 2.22. The van der Waals surface area contributed by atoms with Gasteiger partial charge >= 0.3 is 5.97 Å². The van der Waals surface area contributed by atoms with E-state index in [0.29, 0.717) is 18.8 Å². The van der Waals surface area contributed by atoms with Crippen LogP contribution in [0.15, 0.2) is 24.5 Å². The lowest BCUT2D eigenvalue weighted by atomic mass is 10.3. The van der Waals surface area contributed by atoms with E-state index in [0.717, 1.165) is 6.61 Å². The van der Waals surface area contributed by atoms with Crippen molar-refractivity contribution in [2.75, 3.05) is 19.8 Å². The van der Waals surface area contributed by atoms with Crippen LogP contribution in [0.1, 0.15) is 16.8 Å². The molecular weight excluding hydrogens is 334 g/mol. The van der Waals surface area contributed by atoms with Gasteiger partial charge in [-0.2, -0.15) is 0 Å². The van der Waals surface area contributed by atoms with Gasteiger partial charge in [0.2, 0.25) is 0 Å². The molecule has 24 heavy (non-hydrogen) atoms. The molecule has 0 amide bonds. The summed E-state index contributed by atoms with van der Waals surface area (Å²) in [7, 11) is -2.06. The maximum Gasteiger partial charge on any atom is 0.338 e. The van der Waals surface area contributed by atoms with Crippen molar-refractivity contribution in [3.63, 3.8) is 0 Å².